The SMILES string of the molecule is CC(C)C1=CC2=CCCC(C)(C)C2CC1. The van der Waals surface area contributed by atoms with Crippen LogP contribution in [0.4, 0.5) is 0 Å². The third-order valence-electron chi connectivity index (χ3n) is 4.33. The van der Waals surface area contributed by atoms with Crippen molar-refractivity contribution in [3.63, 3.8) is 0 Å². The monoisotopic (exact) mass is 204 g/mol. The van der Waals surface area contributed by atoms with Gasteiger partial charge in [-0.3, -0.25) is 0 Å². The van der Waals surface area contributed by atoms with E-state index >= 15 is 0 Å². The smallest absolute Gasteiger partial charge is 0.0111 e. The highest BCUT2D eigenvalue weighted by atomic mass is 14.4. The van der Waals surface area contributed by atoms with Crippen LogP contribution in [0.3, 0.4) is 0 Å². The molecule has 0 heterocycles. The first-order valence-electron chi connectivity index (χ1n) is 6.41. The summed E-state index contributed by atoms with van der Waals surface area (Å²) in [6.45, 7) is 9.53. The second-order valence-corrected chi connectivity index (χ2v) is 6.20. The third kappa shape index (κ3) is 2.04. The van der Waals surface area contributed by atoms with E-state index in [1.165, 1.54) is 25.7 Å². The first-order chi connectivity index (χ1) is 7.00. The van der Waals surface area contributed by atoms with E-state index < -0.39 is 0 Å². The number of allylic oxidation sites excluding steroid dienone is 4. The summed E-state index contributed by atoms with van der Waals surface area (Å²) in [5, 5.41) is 0. The molecule has 0 heteroatoms. The fourth-order valence-corrected chi connectivity index (χ4v) is 3.15. The fourth-order valence-electron chi connectivity index (χ4n) is 3.15. The molecule has 0 saturated carbocycles. The summed E-state index contributed by atoms with van der Waals surface area (Å²) < 4.78 is 0. The van der Waals surface area contributed by atoms with Gasteiger partial charge in [-0.1, -0.05) is 45.4 Å². The van der Waals surface area contributed by atoms with E-state index in [9.17, 15) is 0 Å². The van der Waals surface area contributed by atoms with Crippen molar-refractivity contribution in [3.05, 3.63) is 23.3 Å². The molecule has 0 aliphatic heterocycles. The molecule has 0 aromatic heterocycles. The van der Waals surface area contributed by atoms with Crippen molar-refractivity contribution in [3.8, 4) is 0 Å². The molecule has 0 N–H and O–H groups in total. The maximum absolute atomic E-state index is 2.50. The second-order valence-electron chi connectivity index (χ2n) is 6.20. The van der Waals surface area contributed by atoms with Crippen molar-refractivity contribution in [1.82, 2.24) is 0 Å². The number of fused-ring (bicyclic) bond motifs is 1. The first-order valence-corrected chi connectivity index (χ1v) is 6.41. The van der Waals surface area contributed by atoms with Gasteiger partial charge in [-0.2, -0.15) is 0 Å². The summed E-state index contributed by atoms with van der Waals surface area (Å²) in [5.41, 5.74) is 3.83. The zero-order valence-corrected chi connectivity index (χ0v) is 10.6. The minimum Gasteiger partial charge on any atom is -0.0810 e. The van der Waals surface area contributed by atoms with Crippen LogP contribution in [-0.2, 0) is 0 Å². The van der Waals surface area contributed by atoms with Crippen molar-refractivity contribution in [2.75, 3.05) is 0 Å². The Morgan fingerprint density at radius 2 is 2.07 bits per heavy atom. The van der Waals surface area contributed by atoms with E-state index in [-0.39, 0.29) is 0 Å². The molecule has 0 spiro atoms. The molecule has 0 amide bonds. The highest BCUT2D eigenvalue weighted by molar-refractivity contribution is 5.33. The normalized spacial score (nSPS) is 29.5. The van der Waals surface area contributed by atoms with Gasteiger partial charge < -0.3 is 0 Å². The molecule has 1 atom stereocenters. The molecule has 0 fully saturated rings. The molecule has 84 valence electrons. The van der Waals surface area contributed by atoms with E-state index in [0.29, 0.717) is 5.41 Å². The maximum Gasteiger partial charge on any atom is -0.0111 e. The Morgan fingerprint density at radius 1 is 1.33 bits per heavy atom. The van der Waals surface area contributed by atoms with Gasteiger partial charge in [0.05, 0.1) is 0 Å². The molecular formula is C15H24. The van der Waals surface area contributed by atoms with Gasteiger partial charge in [0.1, 0.15) is 0 Å². The van der Waals surface area contributed by atoms with E-state index in [0.717, 1.165) is 11.8 Å². The molecule has 2 aliphatic rings. The summed E-state index contributed by atoms with van der Waals surface area (Å²) in [5.74, 6) is 1.56. The lowest BCUT2D eigenvalue weighted by Gasteiger charge is -2.41. The van der Waals surface area contributed by atoms with Crippen molar-refractivity contribution < 1.29 is 0 Å². The van der Waals surface area contributed by atoms with E-state index in [4.69, 9.17) is 0 Å². The minimum absolute atomic E-state index is 0.531. The predicted molar refractivity (Wildman–Crippen MR) is 66.7 cm³/mol. The van der Waals surface area contributed by atoms with Crippen molar-refractivity contribution >= 4 is 0 Å². The Bertz CT molecular complexity index is 302. The maximum atomic E-state index is 2.50. The van der Waals surface area contributed by atoms with Gasteiger partial charge in [-0.05, 0) is 48.5 Å². The molecule has 0 radical (unpaired) electrons. The molecule has 0 aromatic carbocycles. The van der Waals surface area contributed by atoms with Gasteiger partial charge in [0.25, 0.3) is 0 Å². The Balaban J connectivity index is 2.27. The average Bonchev–Trinajstić information content (AvgIpc) is 2.16. The van der Waals surface area contributed by atoms with Crippen LogP contribution < -0.4 is 0 Å². The summed E-state index contributed by atoms with van der Waals surface area (Å²) >= 11 is 0. The van der Waals surface area contributed by atoms with Gasteiger partial charge >= 0.3 is 0 Å². The lowest BCUT2D eigenvalue weighted by atomic mass is 9.63. The average molecular weight is 204 g/mol. The zero-order valence-electron chi connectivity index (χ0n) is 10.6. The van der Waals surface area contributed by atoms with Crippen LogP contribution in [0, 0.1) is 17.3 Å². The molecule has 0 aromatic rings. The van der Waals surface area contributed by atoms with Crippen LogP contribution in [0.25, 0.3) is 0 Å². The van der Waals surface area contributed by atoms with Crippen LogP contribution in [0.15, 0.2) is 23.3 Å². The lowest BCUT2D eigenvalue weighted by Crippen LogP contribution is -2.30. The van der Waals surface area contributed by atoms with Crippen molar-refractivity contribution in [1.29, 1.82) is 0 Å². The summed E-state index contributed by atoms with van der Waals surface area (Å²) in [7, 11) is 0. The summed E-state index contributed by atoms with van der Waals surface area (Å²) in [6.07, 6.45) is 10.3. The first kappa shape index (κ1) is 11.0. The number of hydrogen-bond acceptors (Lipinski definition) is 0. The standard InChI is InChI=1S/C15H24/c1-11(2)12-7-8-14-13(10-12)6-5-9-15(14,3)4/h6,10-11,14H,5,7-9H2,1-4H3. The fraction of sp³-hybridized carbons (Fsp3) is 0.733. The van der Waals surface area contributed by atoms with Gasteiger partial charge in [0, 0.05) is 0 Å². The Hall–Kier alpha value is -0.520. The highest BCUT2D eigenvalue weighted by Gasteiger charge is 2.35. The second kappa shape index (κ2) is 3.81. The molecule has 2 rings (SSSR count). The molecular weight excluding hydrogens is 180 g/mol. The lowest BCUT2D eigenvalue weighted by molar-refractivity contribution is 0.202. The molecule has 0 saturated heterocycles. The van der Waals surface area contributed by atoms with Crippen molar-refractivity contribution in [2.24, 2.45) is 17.3 Å². The van der Waals surface area contributed by atoms with Crippen LogP contribution in [0.1, 0.15) is 53.4 Å². The summed E-state index contributed by atoms with van der Waals surface area (Å²) in [4.78, 5) is 0. The van der Waals surface area contributed by atoms with E-state index in [2.05, 4.69) is 39.8 Å². The van der Waals surface area contributed by atoms with E-state index in [1.54, 1.807) is 11.1 Å². The minimum atomic E-state index is 0.531. The summed E-state index contributed by atoms with van der Waals surface area (Å²) in [6, 6.07) is 0. The Kier molecular flexibility index (Phi) is 2.79. The van der Waals surface area contributed by atoms with Gasteiger partial charge in [0.15, 0.2) is 0 Å². The van der Waals surface area contributed by atoms with E-state index in [1.807, 2.05) is 0 Å². The van der Waals surface area contributed by atoms with Crippen LogP contribution >= 0.6 is 0 Å². The number of hydrogen-bond donors (Lipinski definition) is 0. The van der Waals surface area contributed by atoms with Gasteiger partial charge in [-0.15, -0.1) is 0 Å². The number of rotatable bonds is 1. The molecule has 0 nitrogen and oxygen atoms in total. The van der Waals surface area contributed by atoms with Gasteiger partial charge in [-0.25, -0.2) is 0 Å². The Labute approximate surface area is 94.5 Å². The van der Waals surface area contributed by atoms with Gasteiger partial charge in [0.2, 0.25) is 0 Å². The predicted octanol–water partition coefficient (Wildman–Crippen LogP) is 4.73. The van der Waals surface area contributed by atoms with Crippen LogP contribution in [-0.4, -0.2) is 0 Å². The molecule has 15 heavy (non-hydrogen) atoms. The third-order valence-corrected chi connectivity index (χ3v) is 4.33. The highest BCUT2D eigenvalue weighted by Crippen LogP contribution is 2.47. The van der Waals surface area contributed by atoms with Crippen LogP contribution in [0.2, 0.25) is 0 Å². The quantitative estimate of drug-likeness (QED) is 0.579. The zero-order chi connectivity index (χ0) is 11.1. The largest absolute Gasteiger partial charge is 0.0810 e. The van der Waals surface area contributed by atoms with Crippen LogP contribution in [0.5, 0.6) is 0 Å². The molecule has 2 aliphatic carbocycles. The van der Waals surface area contributed by atoms with Crippen molar-refractivity contribution in [2.45, 2.75) is 53.4 Å². The topological polar surface area (TPSA) is 0 Å². The molecule has 1 unspecified atom stereocenters. The molecule has 0 bridgehead atoms. The Morgan fingerprint density at radius 3 is 2.73 bits per heavy atom.